The lowest BCUT2D eigenvalue weighted by Crippen LogP contribution is -2.45. The number of nitrogens with one attached hydrogen (secondary N) is 1. The Morgan fingerprint density at radius 2 is 2.10 bits per heavy atom. The monoisotopic (exact) mass is 310 g/mol. The standard InChI is InChI=1S/C11H13F3N2O5/c12-11(13,14)6-2-16(10(20)15-9(6)19)5-1-7(18)8(3-17)21-4-5/h2,5,7-8,17-18H,1,3-4H2,(H,15,19,20)/t5-,7-,8+/m0/s1. The van der Waals surface area contributed by atoms with Gasteiger partial charge >= 0.3 is 11.9 Å². The van der Waals surface area contributed by atoms with Crippen molar-refractivity contribution in [1.82, 2.24) is 9.55 Å². The summed E-state index contributed by atoms with van der Waals surface area (Å²) in [6.07, 6.45) is -6.52. The van der Waals surface area contributed by atoms with Crippen molar-refractivity contribution >= 4 is 0 Å². The average Bonchev–Trinajstić information content (AvgIpc) is 2.37. The first-order chi connectivity index (χ1) is 9.74. The molecule has 0 spiro atoms. The Bertz CT molecular complexity index is 624. The highest BCUT2D eigenvalue weighted by Gasteiger charge is 2.37. The molecule has 1 fully saturated rings. The summed E-state index contributed by atoms with van der Waals surface area (Å²) in [6.45, 7) is -0.603. The zero-order valence-electron chi connectivity index (χ0n) is 10.6. The molecular weight excluding hydrogens is 297 g/mol. The van der Waals surface area contributed by atoms with Gasteiger partial charge in [0.05, 0.1) is 25.4 Å². The van der Waals surface area contributed by atoms with Crippen molar-refractivity contribution in [2.75, 3.05) is 13.2 Å². The molecule has 2 heterocycles. The molecule has 2 rings (SSSR count). The zero-order valence-corrected chi connectivity index (χ0v) is 10.6. The van der Waals surface area contributed by atoms with Gasteiger partial charge in [0.1, 0.15) is 11.7 Å². The Morgan fingerprint density at radius 1 is 1.43 bits per heavy atom. The molecule has 0 unspecified atom stereocenters. The van der Waals surface area contributed by atoms with Gasteiger partial charge in [-0.25, -0.2) is 4.79 Å². The van der Waals surface area contributed by atoms with E-state index in [-0.39, 0.29) is 13.0 Å². The van der Waals surface area contributed by atoms with Crippen LogP contribution in [0.2, 0.25) is 0 Å². The van der Waals surface area contributed by atoms with Crippen LogP contribution >= 0.6 is 0 Å². The molecule has 118 valence electrons. The minimum atomic E-state index is -4.90. The number of aliphatic hydroxyl groups excluding tert-OH is 2. The minimum Gasteiger partial charge on any atom is -0.394 e. The largest absolute Gasteiger partial charge is 0.423 e. The molecule has 1 aromatic heterocycles. The van der Waals surface area contributed by atoms with Gasteiger partial charge in [-0.15, -0.1) is 0 Å². The van der Waals surface area contributed by atoms with Gasteiger partial charge < -0.3 is 14.9 Å². The molecule has 1 saturated heterocycles. The van der Waals surface area contributed by atoms with Crippen molar-refractivity contribution in [3.8, 4) is 0 Å². The van der Waals surface area contributed by atoms with Crippen LogP contribution in [0.15, 0.2) is 15.8 Å². The van der Waals surface area contributed by atoms with Crippen LogP contribution in [0.25, 0.3) is 0 Å². The summed E-state index contributed by atoms with van der Waals surface area (Å²) < 4.78 is 43.8. The molecule has 0 aliphatic carbocycles. The van der Waals surface area contributed by atoms with E-state index in [1.165, 1.54) is 0 Å². The van der Waals surface area contributed by atoms with Crippen LogP contribution in [0.3, 0.4) is 0 Å². The Morgan fingerprint density at radius 3 is 2.62 bits per heavy atom. The van der Waals surface area contributed by atoms with Gasteiger partial charge in [-0.2, -0.15) is 13.2 Å². The SMILES string of the molecule is O=c1[nH]c(=O)n([C@@H]2CO[C@H](CO)[C@@H](O)C2)cc1C(F)(F)F. The first kappa shape index (κ1) is 15.7. The van der Waals surface area contributed by atoms with E-state index < -0.39 is 47.8 Å². The maximum Gasteiger partial charge on any atom is 0.423 e. The van der Waals surface area contributed by atoms with Crippen LogP contribution in [0.5, 0.6) is 0 Å². The van der Waals surface area contributed by atoms with Crippen molar-refractivity contribution in [3.63, 3.8) is 0 Å². The van der Waals surface area contributed by atoms with Crippen molar-refractivity contribution < 1.29 is 28.1 Å². The van der Waals surface area contributed by atoms with Crippen LogP contribution in [0.4, 0.5) is 13.2 Å². The van der Waals surface area contributed by atoms with Gasteiger partial charge in [0.25, 0.3) is 5.56 Å². The average molecular weight is 310 g/mol. The summed E-state index contributed by atoms with van der Waals surface area (Å²) >= 11 is 0. The number of rotatable bonds is 2. The van der Waals surface area contributed by atoms with Gasteiger partial charge in [0.15, 0.2) is 0 Å². The second-order valence-electron chi connectivity index (χ2n) is 4.72. The summed E-state index contributed by atoms with van der Waals surface area (Å²) in [4.78, 5) is 24.4. The molecule has 3 N–H and O–H groups in total. The highest BCUT2D eigenvalue weighted by Crippen LogP contribution is 2.27. The van der Waals surface area contributed by atoms with Crippen LogP contribution in [-0.4, -0.2) is 45.2 Å². The lowest BCUT2D eigenvalue weighted by Gasteiger charge is -2.33. The maximum absolute atomic E-state index is 12.7. The molecule has 10 heteroatoms. The third-order valence-electron chi connectivity index (χ3n) is 3.29. The molecule has 21 heavy (non-hydrogen) atoms. The number of hydrogen-bond acceptors (Lipinski definition) is 5. The van der Waals surface area contributed by atoms with Gasteiger partial charge in [-0.1, -0.05) is 0 Å². The minimum absolute atomic E-state index is 0.0749. The number of halogens is 3. The Balaban J connectivity index is 2.37. The van der Waals surface area contributed by atoms with Crippen LogP contribution in [0, 0.1) is 0 Å². The van der Waals surface area contributed by atoms with Gasteiger partial charge in [0, 0.05) is 6.20 Å². The molecule has 7 nitrogen and oxygen atoms in total. The number of alkyl halides is 3. The van der Waals surface area contributed by atoms with Gasteiger partial charge in [0.2, 0.25) is 0 Å². The lowest BCUT2D eigenvalue weighted by molar-refractivity contribution is -0.139. The molecule has 0 aromatic carbocycles. The predicted molar refractivity (Wildman–Crippen MR) is 62.8 cm³/mol. The fourth-order valence-corrected chi connectivity index (χ4v) is 2.17. The molecule has 0 bridgehead atoms. The number of aromatic amines is 1. The Hall–Kier alpha value is -1.65. The van der Waals surface area contributed by atoms with Crippen molar-refractivity contribution in [2.24, 2.45) is 0 Å². The van der Waals surface area contributed by atoms with E-state index in [4.69, 9.17) is 9.84 Å². The smallest absolute Gasteiger partial charge is 0.394 e. The van der Waals surface area contributed by atoms with E-state index in [1.54, 1.807) is 4.98 Å². The van der Waals surface area contributed by atoms with Gasteiger partial charge in [-0.3, -0.25) is 14.3 Å². The number of aromatic nitrogens is 2. The number of nitrogens with zero attached hydrogens (tertiary/aromatic N) is 1. The first-order valence-electron chi connectivity index (χ1n) is 6.07. The molecule has 0 saturated carbocycles. The van der Waals surface area contributed by atoms with Crippen LogP contribution < -0.4 is 11.2 Å². The summed E-state index contributed by atoms with van der Waals surface area (Å²) in [5, 5.41) is 18.6. The molecule has 3 atom stereocenters. The quantitative estimate of drug-likeness (QED) is 0.666. The molecule has 0 amide bonds. The van der Waals surface area contributed by atoms with E-state index in [1.807, 2.05) is 0 Å². The van der Waals surface area contributed by atoms with E-state index in [0.717, 1.165) is 0 Å². The number of aliphatic hydroxyl groups is 2. The number of H-pyrrole nitrogens is 1. The van der Waals surface area contributed by atoms with Crippen molar-refractivity contribution in [3.05, 3.63) is 32.6 Å². The highest BCUT2D eigenvalue weighted by molar-refractivity contribution is 5.09. The molecular formula is C11H13F3N2O5. The Kier molecular flexibility index (Phi) is 4.21. The molecule has 1 aromatic rings. The summed E-state index contributed by atoms with van der Waals surface area (Å²) in [7, 11) is 0. The third-order valence-corrected chi connectivity index (χ3v) is 3.29. The second kappa shape index (κ2) is 5.62. The normalized spacial score (nSPS) is 26.8. The summed E-state index contributed by atoms with van der Waals surface area (Å²) in [6, 6.07) is -0.867. The van der Waals surface area contributed by atoms with Crippen molar-refractivity contribution in [1.29, 1.82) is 0 Å². The highest BCUT2D eigenvalue weighted by atomic mass is 19.4. The topological polar surface area (TPSA) is 105 Å². The fraction of sp³-hybridized carbons (Fsp3) is 0.636. The van der Waals surface area contributed by atoms with E-state index in [9.17, 15) is 27.9 Å². The van der Waals surface area contributed by atoms with Crippen molar-refractivity contribution in [2.45, 2.75) is 30.8 Å². The molecule has 1 aliphatic heterocycles. The third kappa shape index (κ3) is 3.17. The predicted octanol–water partition coefficient (Wildman–Crippen LogP) is -0.761. The number of ether oxygens (including phenoxy) is 1. The molecule has 1 aliphatic rings. The summed E-state index contributed by atoms with van der Waals surface area (Å²) in [5.74, 6) is 0. The lowest BCUT2D eigenvalue weighted by atomic mass is 10.0. The summed E-state index contributed by atoms with van der Waals surface area (Å²) in [5.41, 5.74) is -4.04. The zero-order chi connectivity index (χ0) is 15.8. The van der Waals surface area contributed by atoms with E-state index in [0.29, 0.717) is 10.8 Å². The first-order valence-corrected chi connectivity index (χ1v) is 6.07. The van der Waals surface area contributed by atoms with Crippen LogP contribution in [0.1, 0.15) is 18.0 Å². The fourth-order valence-electron chi connectivity index (χ4n) is 2.17. The Labute approximate surface area is 115 Å². The maximum atomic E-state index is 12.7. The van der Waals surface area contributed by atoms with E-state index in [2.05, 4.69) is 0 Å². The van der Waals surface area contributed by atoms with E-state index >= 15 is 0 Å². The van der Waals surface area contributed by atoms with Crippen LogP contribution in [-0.2, 0) is 10.9 Å². The second-order valence-corrected chi connectivity index (χ2v) is 4.72. The number of hydrogen-bond donors (Lipinski definition) is 3. The van der Waals surface area contributed by atoms with Gasteiger partial charge in [-0.05, 0) is 6.42 Å². The molecule has 0 radical (unpaired) electrons.